The summed E-state index contributed by atoms with van der Waals surface area (Å²) < 4.78 is 12.7. The first-order valence-corrected chi connectivity index (χ1v) is 3.68. The Morgan fingerprint density at radius 2 is 2.25 bits per heavy atom. The van der Waals surface area contributed by atoms with Gasteiger partial charge in [0.25, 0.3) is 0 Å². The molecule has 0 bridgehead atoms. The van der Waals surface area contributed by atoms with Crippen molar-refractivity contribution in [2.75, 3.05) is 0 Å². The van der Waals surface area contributed by atoms with Gasteiger partial charge in [0.2, 0.25) is 0 Å². The monoisotopic (exact) mass is 163 g/mol. The summed E-state index contributed by atoms with van der Waals surface area (Å²) in [7, 11) is 0. The number of aliphatic imine (C=N–C) groups is 1. The molecule has 1 aromatic carbocycles. The summed E-state index contributed by atoms with van der Waals surface area (Å²) >= 11 is 0. The first kappa shape index (κ1) is 8.65. The minimum atomic E-state index is -0.264. The Morgan fingerprint density at radius 1 is 1.50 bits per heavy atom. The fraction of sp³-hybridized carbons (Fsp3) is 0.100. The number of benzene rings is 1. The standard InChI is InChI=1S/C10H10FN/c1-3-8-7-9(11)5-6-10(8)12-4-2/h3-7H,1H2,2H3. The van der Waals surface area contributed by atoms with E-state index in [1.165, 1.54) is 12.1 Å². The molecule has 1 rings (SSSR count). The van der Waals surface area contributed by atoms with Gasteiger partial charge in [-0.15, -0.1) is 0 Å². The highest BCUT2D eigenvalue weighted by Crippen LogP contribution is 2.20. The van der Waals surface area contributed by atoms with E-state index in [9.17, 15) is 4.39 Å². The van der Waals surface area contributed by atoms with Crippen molar-refractivity contribution in [3.05, 3.63) is 36.2 Å². The van der Waals surface area contributed by atoms with E-state index >= 15 is 0 Å². The van der Waals surface area contributed by atoms with Crippen LogP contribution in [0, 0.1) is 5.82 Å². The van der Waals surface area contributed by atoms with Crippen LogP contribution in [0.25, 0.3) is 6.08 Å². The summed E-state index contributed by atoms with van der Waals surface area (Å²) in [6.45, 7) is 5.39. The number of halogens is 1. The summed E-state index contributed by atoms with van der Waals surface area (Å²) in [5.74, 6) is -0.264. The molecule has 1 aromatic rings. The molecule has 0 aromatic heterocycles. The molecular weight excluding hydrogens is 153 g/mol. The van der Waals surface area contributed by atoms with Crippen molar-refractivity contribution in [2.24, 2.45) is 4.99 Å². The number of hydrogen-bond acceptors (Lipinski definition) is 1. The zero-order valence-electron chi connectivity index (χ0n) is 6.92. The van der Waals surface area contributed by atoms with Crippen molar-refractivity contribution >= 4 is 18.0 Å². The van der Waals surface area contributed by atoms with E-state index in [2.05, 4.69) is 11.6 Å². The van der Waals surface area contributed by atoms with Crippen LogP contribution < -0.4 is 0 Å². The molecule has 0 radical (unpaired) electrons. The summed E-state index contributed by atoms with van der Waals surface area (Å²) in [6, 6.07) is 4.43. The van der Waals surface area contributed by atoms with Gasteiger partial charge in [-0.25, -0.2) is 4.39 Å². The van der Waals surface area contributed by atoms with Gasteiger partial charge in [-0.3, -0.25) is 4.99 Å². The van der Waals surface area contributed by atoms with Crippen molar-refractivity contribution < 1.29 is 4.39 Å². The molecule has 0 amide bonds. The van der Waals surface area contributed by atoms with Crippen LogP contribution in [-0.4, -0.2) is 6.21 Å². The third kappa shape index (κ3) is 1.78. The predicted molar refractivity (Wildman–Crippen MR) is 50.3 cm³/mol. The van der Waals surface area contributed by atoms with Crippen LogP contribution in [0.4, 0.5) is 10.1 Å². The fourth-order valence-corrected chi connectivity index (χ4v) is 0.946. The van der Waals surface area contributed by atoms with Gasteiger partial charge in [-0.2, -0.15) is 0 Å². The van der Waals surface area contributed by atoms with Gasteiger partial charge in [0.1, 0.15) is 5.82 Å². The van der Waals surface area contributed by atoms with Gasteiger partial charge in [-0.05, 0) is 25.1 Å². The lowest BCUT2D eigenvalue weighted by molar-refractivity contribution is 0.627. The SMILES string of the molecule is C=Cc1cc(F)ccc1N=CC. The molecule has 2 heteroatoms. The summed E-state index contributed by atoms with van der Waals surface area (Å²) in [5, 5.41) is 0. The van der Waals surface area contributed by atoms with Gasteiger partial charge in [0.15, 0.2) is 0 Å². The fourth-order valence-electron chi connectivity index (χ4n) is 0.946. The molecule has 0 heterocycles. The van der Waals surface area contributed by atoms with Crippen molar-refractivity contribution in [3.8, 4) is 0 Å². The predicted octanol–water partition coefficient (Wildman–Crippen LogP) is 3.19. The van der Waals surface area contributed by atoms with Gasteiger partial charge in [0.05, 0.1) is 5.69 Å². The second kappa shape index (κ2) is 3.81. The molecule has 0 spiro atoms. The van der Waals surface area contributed by atoms with E-state index in [1.54, 1.807) is 18.4 Å². The van der Waals surface area contributed by atoms with Crippen LogP contribution in [0.15, 0.2) is 29.8 Å². The van der Waals surface area contributed by atoms with E-state index in [4.69, 9.17) is 0 Å². The lowest BCUT2D eigenvalue weighted by Crippen LogP contribution is -1.78. The van der Waals surface area contributed by atoms with Crippen LogP contribution >= 0.6 is 0 Å². The highest BCUT2D eigenvalue weighted by Gasteiger charge is 1.97. The molecule has 62 valence electrons. The van der Waals surface area contributed by atoms with Crippen LogP contribution in [0.5, 0.6) is 0 Å². The maximum atomic E-state index is 12.7. The Balaban J connectivity index is 3.19. The molecule has 0 saturated heterocycles. The molecule has 0 aliphatic rings. The lowest BCUT2D eigenvalue weighted by atomic mass is 10.2. The summed E-state index contributed by atoms with van der Waals surface area (Å²) in [4.78, 5) is 4.06. The zero-order valence-corrected chi connectivity index (χ0v) is 6.92. The third-order valence-corrected chi connectivity index (χ3v) is 1.48. The first-order valence-electron chi connectivity index (χ1n) is 3.68. The number of nitrogens with zero attached hydrogens (tertiary/aromatic N) is 1. The Labute approximate surface area is 71.3 Å². The van der Waals surface area contributed by atoms with Gasteiger partial charge in [-0.1, -0.05) is 12.7 Å². The van der Waals surface area contributed by atoms with Crippen molar-refractivity contribution in [1.29, 1.82) is 0 Å². The second-order valence-electron chi connectivity index (χ2n) is 2.29. The topological polar surface area (TPSA) is 12.4 Å². The Hall–Kier alpha value is -1.44. The van der Waals surface area contributed by atoms with E-state index in [0.29, 0.717) is 5.56 Å². The van der Waals surface area contributed by atoms with E-state index in [-0.39, 0.29) is 5.82 Å². The van der Waals surface area contributed by atoms with Crippen molar-refractivity contribution in [2.45, 2.75) is 6.92 Å². The summed E-state index contributed by atoms with van der Waals surface area (Å²) in [5.41, 5.74) is 1.46. The van der Waals surface area contributed by atoms with Crippen LogP contribution in [-0.2, 0) is 0 Å². The largest absolute Gasteiger partial charge is 0.261 e. The lowest BCUT2D eigenvalue weighted by Gasteiger charge is -1.98. The molecule has 1 nitrogen and oxygen atoms in total. The van der Waals surface area contributed by atoms with Crippen LogP contribution in [0.3, 0.4) is 0 Å². The molecule has 0 aliphatic carbocycles. The normalized spacial score (nSPS) is 10.5. The second-order valence-corrected chi connectivity index (χ2v) is 2.29. The smallest absolute Gasteiger partial charge is 0.123 e. The Bertz CT molecular complexity index is 316. The van der Waals surface area contributed by atoms with E-state index < -0.39 is 0 Å². The van der Waals surface area contributed by atoms with Crippen molar-refractivity contribution in [3.63, 3.8) is 0 Å². The van der Waals surface area contributed by atoms with E-state index in [1.807, 2.05) is 6.92 Å². The number of rotatable bonds is 2. The van der Waals surface area contributed by atoms with Gasteiger partial charge >= 0.3 is 0 Å². The summed E-state index contributed by atoms with van der Waals surface area (Å²) in [6.07, 6.45) is 3.26. The van der Waals surface area contributed by atoms with Crippen LogP contribution in [0.2, 0.25) is 0 Å². The average molecular weight is 163 g/mol. The average Bonchev–Trinajstić information content (AvgIpc) is 2.08. The van der Waals surface area contributed by atoms with Crippen LogP contribution in [0.1, 0.15) is 12.5 Å². The maximum absolute atomic E-state index is 12.7. The molecule has 0 atom stereocenters. The minimum Gasteiger partial charge on any atom is -0.261 e. The Kier molecular flexibility index (Phi) is 2.75. The maximum Gasteiger partial charge on any atom is 0.123 e. The Morgan fingerprint density at radius 3 is 2.83 bits per heavy atom. The quantitative estimate of drug-likeness (QED) is 0.594. The first-order chi connectivity index (χ1) is 5.77. The minimum absolute atomic E-state index is 0.264. The third-order valence-electron chi connectivity index (χ3n) is 1.48. The molecule has 0 saturated carbocycles. The zero-order chi connectivity index (χ0) is 8.97. The molecule has 0 fully saturated rings. The van der Waals surface area contributed by atoms with Crippen molar-refractivity contribution in [1.82, 2.24) is 0 Å². The molecule has 0 aliphatic heterocycles. The van der Waals surface area contributed by atoms with Gasteiger partial charge < -0.3 is 0 Å². The molecule has 0 unspecified atom stereocenters. The molecule has 12 heavy (non-hydrogen) atoms. The van der Waals surface area contributed by atoms with E-state index in [0.717, 1.165) is 5.69 Å². The van der Waals surface area contributed by atoms with Gasteiger partial charge in [0, 0.05) is 11.8 Å². The molecular formula is C10H10FN. The highest BCUT2D eigenvalue weighted by atomic mass is 19.1. The number of hydrogen-bond donors (Lipinski definition) is 0. The molecule has 0 N–H and O–H groups in total. The highest BCUT2D eigenvalue weighted by molar-refractivity contribution is 5.68.